The van der Waals surface area contributed by atoms with Crippen LogP contribution in [0.25, 0.3) is 0 Å². The zero-order valence-corrected chi connectivity index (χ0v) is 11.8. The molecule has 0 spiro atoms. The fourth-order valence-electron chi connectivity index (χ4n) is 2.04. The largest absolute Gasteiger partial charge is 0.331 e. The highest BCUT2D eigenvalue weighted by atomic mass is 127. The van der Waals surface area contributed by atoms with Crippen molar-refractivity contribution in [1.82, 2.24) is 4.90 Å². The molecule has 0 bridgehead atoms. The van der Waals surface area contributed by atoms with Crippen molar-refractivity contribution in [2.75, 3.05) is 6.54 Å². The van der Waals surface area contributed by atoms with E-state index in [-0.39, 0.29) is 0 Å². The van der Waals surface area contributed by atoms with Crippen LogP contribution >= 0.6 is 22.6 Å². The normalized spacial score (nSPS) is 18.5. The van der Waals surface area contributed by atoms with Crippen molar-refractivity contribution < 1.29 is 4.79 Å². The first-order valence-electron chi connectivity index (χ1n) is 6.19. The van der Waals surface area contributed by atoms with Gasteiger partial charge in [-0.2, -0.15) is 0 Å². The Morgan fingerprint density at radius 2 is 2.07 bits per heavy atom. The van der Waals surface area contributed by atoms with E-state index in [0.29, 0.717) is 9.96 Å². The Balaban J connectivity index is 2.07. The van der Waals surface area contributed by atoms with Crippen molar-refractivity contribution >= 4 is 28.5 Å². The van der Waals surface area contributed by atoms with Gasteiger partial charge in [-0.15, -0.1) is 0 Å². The lowest BCUT2D eigenvalue weighted by Gasteiger charge is -2.22. The summed E-state index contributed by atoms with van der Waals surface area (Å²) in [5, 5.41) is 0. The molecule has 1 aliphatic rings. The summed E-state index contributed by atoms with van der Waals surface area (Å²) < 4.78 is 0.444. The van der Waals surface area contributed by atoms with Crippen molar-refractivity contribution in [2.24, 2.45) is 0 Å². The summed E-state index contributed by atoms with van der Waals surface area (Å²) in [5.41, 5.74) is 0. The number of halogens is 1. The van der Waals surface area contributed by atoms with Crippen LogP contribution in [0.3, 0.4) is 0 Å². The first-order chi connectivity index (χ1) is 7.25. The van der Waals surface area contributed by atoms with Crippen LogP contribution in [0.5, 0.6) is 0 Å². The van der Waals surface area contributed by atoms with Gasteiger partial charge in [-0.25, -0.2) is 0 Å². The Bertz CT molecular complexity index is 196. The number of nitrogens with zero attached hydrogens (tertiary/aromatic N) is 1. The maximum absolute atomic E-state index is 11.5. The van der Waals surface area contributed by atoms with Crippen LogP contribution in [-0.4, -0.2) is 21.4 Å². The summed E-state index contributed by atoms with van der Waals surface area (Å²) in [6.45, 7) is 3.23. The van der Waals surface area contributed by atoms with E-state index in [0.717, 1.165) is 19.4 Å². The third-order valence-electron chi connectivity index (χ3n) is 2.99. The molecule has 15 heavy (non-hydrogen) atoms. The van der Waals surface area contributed by atoms with Gasteiger partial charge >= 0.3 is 0 Å². The second-order valence-corrected chi connectivity index (χ2v) is 5.77. The van der Waals surface area contributed by atoms with E-state index in [2.05, 4.69) is 34.4 Å². The maximum Gasteiger partial charge on any atom is 0.223 e. The van der Waals surface area contributed by atoms with Crippen LogP contribution in [0, 0.1) is 0 Å². The van der Waals surface area contributed by atoms with Crippen molar-refractivity contribution in [1.29, 1.82) is 0 Å². The minimum absolute atomic E-state index is 0.364. The van der Waals surface area contributed by atoms with E-state index < -0.39 is 0 Å². The number of carbonyl (C=O) groups is 1. The average Bonchev–Trinajstić information content (AvgIpc) is 2.64. The SMILES string of the molecule is CCCCCCCC(I)N1CCCC1=O. The molecule has 1 unspecified atom stereocenters. The highest BCUT2D eigenvalue weighted by Crippen LogP contribution is 2.22. The van der Waals surface area contributed by atoms with Gasteiger partial charge in [0, 0.05) is 13.0 Å². The fourth-order valence-corrected chi connectivity index (χ4v) is 3.07. The smallest absolute Gasteiger partial charge is 0.223 e. The minimum atomic E-state index is 0.364. The molecule has 0 saturated carbocycles. The molecule has 1 rings (SSSR count). The predicted molar refractivity (Wildman–Crippen MR) is 72.1 cm³/mol. The summed E-state index contributed by atoms with van der Waals surface area (Å²) in [5.74, 6) is 0.364. The van der Waals surface area contributed by atoms with Gasteiger partial charge in [0.15, 0.2) is 0 Å². The third-order valence-corrected chi connectivity index (χ3v) is 4.29. The van der Waals surface area contributed by atoms with Crippen molar-refractivity contribution in [3.63, 3.8) is 0 Å². The quantitative estimate of drug-likeness (QED) is 0.303. The van der Waals surface area contributed by atoms with Crippen LogP contribution in [-0.2, 0) is 4.79 Å². The Morgan fingerprint density at radius 1 is 1.33 bits per heavy atom. The standard InChI is InChI=1S/C12H22INO/c1-2-3-4-5-6-8-11(13)14-10-7-9-12(14)15/h11H,2-10H2,1H3. The first kappa shape index (κ1) is 13.3. The number of likely N-dealkylation sites (tertiary alicyclic amines) is 1. The topological polar surface area (TPSA) is 20.3 Å². The van der Waals surface area contributed by atoms with Crippen LogP contribution in [0.1, 0.15) is 58.3 Å². The van der Waals surface area contributed by atoms with Gasteiger partial charge in [0.25, 0.3) is 0 Å². The Kier molecular flexibility index (Phi) is 6.61. The molecule has 0 radical (unpaired) electrons. The highest BCUT2D eigenvalue weighted by molar-refractivity contribution is 14.1. The molecule has 1 heterocycles. The lowest BCUT2D eigenvalue weighted by Crippen LogP contribution is -2.31. The lowest BCUT2D eigenvalue weighted by atomic mass is 10.1. The Morgan fingerprint density at radius 3 is 2.67 bits per heavy atom. The van der Waals surface area contributed by atoms with Gasteiger partial charge in [0.2, 0.25) is 5.91 Å². The van der Waals surface area contributed by atoms with E-state index in [9.17, 15) is 4.79 Å². The van der Waals surface area contributed by atoms with Gasteiger partial charge in [-0.1, -0.05) is 61.6 Å². The molecule has 2 nitrogen and oxygen atoms in total. The Labute approximate surface area is 107 Å². The lowest BCUT2D eigenvalue weighted by molar-refractivity contribution is -0.128. The number of alkyl halides is 1. The summed E-state index contributed by atoms with van der Waals surface area (Å²) in [4.78, 5) is 13.5. The van der Waals surface area contributed by atoms with Gasteiger partial charge in [-0.05, 0) is 12.8 Å². The number of unbranched alkanes of at least 4 members (excludes halogenated alkanes) is 4. The monoisotopic (exact) mass is 323 g/mol. The number of rotatable bonds is 7. The van der Waals surface area contributed by atoms with Gasteiger partial charge in [0.1, 0.15) is 0 Å². The van der Waals surface area contributed by atoms with Crippen LogP contribution in [0.4, 0.5) is 0 Å². The van der Waals surface area contributed by atoms with Crippen molar-refractivity contribution in [3.8, 4) is 0 Å². The summed E-state index contributed by atoms with van der Waals surface area (Å²) in [6, 6.07) is 0. The van der Waals surface area contributed by atoms with Crippen LogP contribution in [0.2, 0.25) is 0 Å². The second-order valence-electron chi connectivity index (χ2n) is 4.33. The molecule has 0 aliphatic carbocycles. The average molecular weight is 323 g/mol. The molecule has 0 aromatic heterocycles. The number of carbonyl (C=O) groups excluding carboxylic acids is 1. The summed E-state index contributed by atoms with van der Waals surface area (Å²) >= 11 is 2.42. The minimum Gasteiger partial charge on any atom is -0.331 e. The van der Waals surface area contributed by atoms with Gasteiger partial charge in [0.05, 0.1) is 4.05 Å². The molecule has 1 fully saturated rings. The van der Waals surface area contributed by atoms with Gasteiger partial charge in [-0.3, -0.25) is 4.79 Å². The third kappa shape index (κ3) is 4.70. The zero-order chi connectivity index (χ0) is 11.1. The number of hydrogen-bond donors (Lipinski definition) is 0. The number of amides is 1. The molecule has 1 amide bonds. The van der Waals surface area contributed by atoms with Crippen molar-refractivity contribution in [2.45, 2.75) is 62.3 Å². The Hall–Kier alpha value is 0.200. The first-order valence-corrected chi connectivity index (χ1v) is 7.43. The van der Waals surface area contributed by atoms with E-state index in [4.69, 9.17) is 0 Å². The molecule has 0 N–H and O–H groups in total. The molecule has 1 atom stereocenters. The zero-order valence-electron chi connectivity index (χ0n) is 9.67. The van der Waals surface area contributed by atoms with E-state index in [1.165, 1.54) is 38.5 Å². The summed E-state index contributed by atoms with van der Waals surface area (Å²) in [6.07, 6.45) is 9.63. The van der Waals surface area contributed by atoms with E-state index in [1.54, 1.807) is 0 Å². The maximum atomic E-state index is 11.5. The molecule has 0 aromatic carbocycles. The molecule has 3 heteroatoms. The summed E-state index contributed by atoms with van der Waals surface area (Å²) in [7, 11) is 0. The molecular weight excluding hydrogens is 301 g/mol. The molecule has 1 aliphatic heterocycles. The predicted octanol–water partition coefficient (Wildman–Crippen LogP) is 3.73. The number of hydrogen-bond acceptors (Lipinski definition) is 1. The molecular formula is C12H22INO. The van der Waals surface area contributed by atoms with Crippen LogP contribution in [0.15, 0.2) is 0 Å². The van der Waals surface area contributed by atoms with Gasteiger partial charge < -0.3 is 4.90 Å². The highest BCUT2D eigenvalue weighted by Gasteiger charge is 2.25. The molecule has 1 saturated heterocycles. The molecule has 88 valence electrons. The fraction of sp³-hybridized carbons (Fsp3) is 0.917. The van der Waals surface area contributed by atoms with E-state index in [1.807, 2.05) is 0 Å². The van der Waals surface area contributed by atoms with Crippen molar-refractivity contribution in [3.05, 3.63) is 0 Å². The van der Waals surface area contributed by atoms with Crippen LogP contribution < -0.4 is 0 Å². The second kappa shape index (κ2) is 7.47. The molecule has 0 aromatic rings. The van der Waals surface area contributed by atoms with E-state index >= 15 is 0 Å².